The third kappa shape index (κ3) is 8.34. The zero-order chi connectivity index (χ0) is 23.0. The van der Waals surface area contributed by atoms with Crippen LogP contribution in [0.15, 0.2) is 0 Å². The summed E-state index contributed by atoms with van der Waals surface area (Å²) in [5, 5.41) is 0. The highest BCUT2D eigenvalue weighted by molar-refractivity contribution is 5.60. The van der Waals surface area contributed by atoms with E-state index in [1.165, 1.54) is 25.7 Å². The summed E-state index contributed by atoms with van der Waals surface area (Å²) in [5.74, 6) is 3.35. The molecular formula is C26H42O7. The molecule has 0 bridgehead atoms. The van der Waals surface area contributed by atoms with Gasteiger partial charge >= 0.3 is 12.3 Å². The average molecular weight is 467 g/mol. The molecule has 0 aromatic rings. The van der Waals surface area contributed by atoms with Gasteiger partial charge < -0.3 is 23.7 Å². The van der Waals surface area contributed by atoms with E-state index in [2.05, 4.69) is 6.92 Å². The molecular weight excluding hydrogens is 424 g/mol. The first kappa shape index (κ1) is 24.6. The van der Waals surface area contributed by atoms with Crippen molar-refractivity contribution in [3.05, 3.63) is 0 Å². The van der Waals surface area contributed by atoms with Gasteiger partial charge in [0.05, 0.1) is 39.1 Å². The molecule has 1 heterocycles. The molecule has 0 aromatic carbocycles. The minimum Gasteiger partial charge on any atom is -0.434 e. The zero-order valence-electron chi connectivity index (χ0n) is 20.2. The summed E-state index contributed by atoms with van der Waals surface area (Å²) in [6, 6.07) is 0. The summed E-state index contributed by atoms with van der Waals surface area (Å²) < 4.78 is 27.1. The van der Waals surface area contributed by atoms with Crippen LogP contribution in [0.5, 0.6) is 0 Å². The van der Waals surface area contributed by atoms with Crippen LogP contribution in [0.1, 0.15) is 77.6 Å². The maximum absolute atomic E-state index is 12.0. The number of ether oxygens (including phenoxy) is 5. The Hall–Kier alpha value is -1.50. The summed E-state index contributed by atoms with van der Waals surface area (Å²) >= 11 is 0. The summed E-state index contributed by atoms with van der Waals surface area (Å²) in [5.41, 5.74) is 0. The molecule has 7 heteroatoms. The normalized spacial score (nSPS) is 36.1. The van der Waals surface area contributed by atoms with Crippen molar-refractivity contribution in [3.8, 4) is 0 Å². The van der Waals surface area contributed by atoms with Crippen molar-refractivity contribution in [2.24, 2.45) is 35.5 Å². The number of hydrogen-bond acceptors (Lipinski definition) is 7. The minimum absolute atomic E-state index is 0.262. The maximum atomic E-state index is 12.0. The van der Waals surface area contributed by atoms with Crippen LogP contribution in [-0.4, -0.2) is 51.4 Å². The van der Waals surface area contributed by atoms with Crippen LogP contribution in [-0.2, 0) is 23.7 Å². The molecule has 3 aliphatic carbocycles. The smallest absolute Gasteiger partial charge is 0.434 e. The van der Waals surface area contributed by atoms with Crippen LogP contribution >= 0.6 is 0 Å². The van der Waals surface area contributed by atoms with Crippen molar-refractivity contribution in [2.45, 2.75) is 83.7 Å². The largest absolute Gasteiger partial charge is 0.508 e. The Bertz CT molecular complexity index is 630. The first-order valence-electron chi connectivity index (χ1n) is 13.3. The molecule has 3 saturated carbocycles. The van der Waals surface area contributed by atoms with Crippen molar-refractivity contribution in [1.82, 2.24) is 0 Å². The third-order valence-electron chi connectivity index (χ3n) is 8.20. The molecule has 4 fully saturated rings. The first-order chi connectivity index (χ1) is 16.0. The number of hydrogen-bond donors (Lipinski definition) is 0. The van der Waals surface area contributed by atoms with Gasteiger partial charge in [0, 0.05) is 5.92 Å². The van der Waals surface area contributed by atoms with Crippen LogP contribution in [0.25, 0.3) is 0 Å². The quantitative estimate of drug-likeness (QED) is 0.422. The van der Waals surface area contributed by atoms with Gasteiger partial charge in [0.25, 0.3) is 0 Å². The van der Waals surface area contributed by atoms with Crippen LogP contribution in [0.3, 0.4) is 0 Å². The van der Waals surface area contributed by atoms with Gasteiger partial charge in [0.15, 0.2) is 0 Å². The predicted molar refractivity (Wildman–Crippen MR) is 122 cm³/mol. The molecule has 4 rings (SSSR count). The topological polar surface area (TPSA) is 80.3 Å². The number of fused-ring (bicyclic) bond motifs is 1. The van der Waals surface area contributed by atoms with E-state index < -0.39 is 12.3 Å². The maximum Gasteiger partial charge on any atom is 0.508 e. The Balaban J connectivity index is 1.00. The molecule has 5 unspecified atom stereocenters. The summed E-state index contributed by atoms with van der Waals surface area (Å²) in [6.45, 7) is 4.43. The van der Waals surface area contributed by atoms with Gasteiger partial charge in [-0.15, -0.1) is 0 Å². The Kier molecular flexibility index (Phi) is 9.16. The lowest BCUT2D eigenvalue weighted by Crippen LogP contribution is -2.25. The van der Waals surface area contributed by atoms with Crippen molar-refractivity contribution in [1.29, 1.82) is 0 Å². The standard InChI is InChI=1S/C26H42O7/c1-18-3-2-4-22(16-29-18)17-33-26(28)31-14-20-7-5-19(6-8-20)13-30-25(27)32-15-21-9-10-23-12-24(23)11-21/h18-24H,2-17H2,1H3. The van der Waals surface area contributed by atoms with E-state index in [0.717, 1.165) is 56.8 Å². The lowest BCUT2D eigenvalue weighted by Gasteiger charge is -2.27. The fourth-order valence-electron chi connectivity index (χ4n) is 5.78. The van der Waals surface area contributed by atoms with E-state index in [9.17, 15) is 9.59 Å². The molecule has 0 N–H and O–H groups in total. The van der Waals surface area contributed by atoms with Gasteiger partial charge in [0.1, 0.15) is 0 Å². The summed E-state index contributed by atoms with van der Waals surface area (Å²) in [6.07, 6.45) is 11.4. The second-order valence-corrected chi connectivity index (χ2v) is 11.0. The van der Waals surface area contributed by atoms with E-state index in [1.807, 2.05) is 0 Å². The van der Waals surface area contributed by atoms with Crippen LogP contribution in [0.4, 0.5) is 9.59 Å². The predicted octanol–water partition coefficient (Wildman–Crippen LogP) is 5.74. The molecule has 0 spiro atoms. The highest BCUT2D eigenvalue weighted by Crippen LogP contribution is 2.51. The molecule has 0 amide bonds. The highest BCUT2D eigenvalue weighted by Gasteiger charge is 2.42. The number of carbonyl (C=O) groups is 2. The van der Waals surface area contributed by atoms with Crippen LogP contribution in [0.2, 0.25) is 0 Å². The highest BCUT2D eigenvalue weighted by atomic mass is 16.7. The van der Waals surface area contributed by atoms with Crippen molar-refractivity contribution < 1.29 is 33.3 Å². The monoisotopic (exact) mass is 466 g/mol. The van der Waals surface area contributed by atoms with E-state index >= 15 is 0 Å². The molecule has 188 valence electrons. The molecule has 1 saturated heterocycles. The molecule has 5 atom stereocenters. The first-order valence-corrected chi connectivity index (χ1v) is 13.3. The number of carbonyl (C=O) groups excluding carboxylic acids is 2. The minimum atomic E-state index is -0.573. The molecule has 1 aliphatic heterocycles. The molecule has 33 heavy (non-hydrogen) atoms. The van der Waals surface area contributed by atoms with Gasteiger partial charge in [-0.25, -0.2) is 9.59 Å². The Morgan fingerprint density at radius 1 is 0.636 bits per heavy atom. The van der Waals surface area contributed by atoms with Gasteiger partial charge in [-0.1, -0.05) is 6.42 Å². The zero-order valence-corrected chi connectivity index (χ0v) is 20.2. The molecule has 7 nitrogen and oxygen atoms in total. The van der Waals surface area contributed by atoms with Gasteiger partial charge in [-0.2, -0.15) is 0 Å². The third-order valence-corrected chi connectivity index (χ3v) is 8.20. The van der Waals surface area contributed by atoms with E-state index in [-0.39, 0.29) is 5.92 Å². The van der Waals surface area contributed by atoms with Crippen LogP contribution in [0, 0.1) is 35.5 Å². The lowest BCUT2D eigenvalue weighted by molar-refractivity contribution is 0.00268. The van der Waals surface area contributed by atoms with E-state index in [4.69, 9.17) is 23.7 Å². The number of rotatable bonds is 8. The van der Waals surface area contributed by atoms with E-state index in [1.54, 1.807) is 0 Å². The fraction of sp³-hybridized carbons (Fsp3) is 0.923. The van der Waals surface area contributed by atoms with Gasteiger partial charge in [-0.3, -0.25) is 0 Å². The van der Waals surface area contributed by atoms with Gasteiger partial charge in [-0.05, 0) is 101 Å². The molecule has 4 aliphatic rings. The Morgan fingerprint density at radius 3 is 1.79 bits per heavy atom. The summed E-state index contributed by atoms with van der Waals surface area (Å²) in [4.78, 5) is 23.9. The fourth-order valence-corrected chi connectivity index (χ4v) is 5.78. The van der Waals surface area contributed by atoms with E-state index in [0.29, 0.717) is 56.9 Å². The van der Waals surface area contributed by atoms with Crippen molar-refractivity contribution in [3.63, 3.8) is 0 Å². The van der Waals surface area contributed by atoms with Crippen molar-refractivity contribution >= 4 is 12.3 Å². The second-order valence-electron chi connectivity index (χ2n) is 11.0. The SMILES string of the molecule is CC1CCCC(COC(=O)OCC2CCC(COC(=O)OCC3CCC4CC4C3)CC2)CO1. The van der Waals surface area contributed by atoms with Crippen molar-refractivity contribution in [2.75, 3.05) is 33.0 Å². The molecule has 0 aromatic heterocycles. The summed E-state index contributed by atoms with van der Waals surface area (Å²) in [7, 11) is 0. The Labute approximate surface area is 198 Å². The van der Waals surface area contributed by atoms with Gasteiger partial charge in [0.2, 0.25) is 0 Å². The second kappa shape index (κ2) is 12.3. The Morgan fingerprint density at radius 2 is 1.18 bits per heavy atom. The lowest BCUT2D eigenvalue weighted by atomic mass is 9.83. The molecule has 0 radical (unpaired) electrons. The van der Waals surface area contributed by atoms with Crippen LogP contribution < -0.4 is 0 Å². The average Bonchev–Trinajstić information content (AvgIpc) is 3.63.